The highest BCUT2D eigenvalue weighted by Crippen LogP contribution is 2.32. The van der Waals surface area contributed by atoms with Crippen molar-refractivity contribution in [2.45, 2.75) is 0 Å². The monoisotopic (exact) mass is 308 g/mol. The highest BCUT2D eigenvalue weighted by molar-refractivity contribution is 6.40. The molecule has 0 bridgehead atoms. The number of pyridine rings is 1. The number of anilines is 2. The number of nitrogens with zero attached hydrogens (tertiary/aromatic N) is 3. The van der Waals surface area contributed by atoms with Crippen molar-refractivity contribution in [3.05, 3.63) is 59.8 Å². The number of para-hydroxylation sites is 1. The third-order valence-electron chi connectivity index (χ3n) is 3.66. The third-order valence-corrected chi connectivity index (χ3v) is 4.05. The van der Waals surface area contributed by atoms with Gasteiger partial charge in [-0.3, -0.25) is 4.68 Å². The molecule has 1 N–H and O–H groups in total. The maximum atomic E-state index is 6.57. The molecule has 2 heterocycles. The summed E-state index contributed by atoms with van der Waals surface area (Å²) >= 11 is 6.57. The fraction of sp³-hybridized carbons (Fsp3) is 0.0588. The topological polar surface area (TPSA) is 42.7 Å². The van der Waals surface area contributed by atoms with Crippen LogP contribution in [0.25, 0.3) is 21.9 Å². The number of benzene rings is 2. The minimum atomic E-state index is 0.678. The Morgan fingerprint density at radius 3 is 2.64 bits per heavy atom. The predicted molar refractivity (Wildman–Crippen MR) is 90.7 cm³/mol. The van der Waals surface area contributed by atoms with Gasteiger partial charge in [0.05, 0.1) is 16.7 Å². The number of fused-ring (bicyclic) bond motifs is 2. The Balaban J connectivity index is 1.87. The van der Waals surface area contributed by atoms with Gasteiger partial charge in [-0.2, -0.15) is 5.10 Å². The van der Waals surface area contributed by atoms with Gasteiger partial charge < -0.3 is 5.32 Å². The van der Waals surface area contributed by atoms with Gasteiger partial charge in [-0.15, -0.1) is 0 Å². The number of hydrogen-bond acceptors (Lipinski definition) is 3. The minimum absolute atomic E-state index is 0.678. The molecule has 0 saturated heterocycles. The number of aromatic nitrogens is 3. The summed E-state index contributed by atoms with van der Waals surface area (Å²) in [6.45, 7) is 0. The van der Waals surface area contributed by atoms with Crippen LogP contribution in [0.3, 0.4) is 0 Å². The fourth-order valence-electron chi connectivity index (χ4n) is 2.59. The van der Waals surface area contributed by atoms with E-state index in [2.05, 4.69) is 15.4 Å². The molecule has 0 fully saturated rings. The van der Waals surface area contributed by atoms with Gasteiger partial charge in [-0.25, -0.2) is 4.98 Å². The second-order valence-electron chi connectivity index (χ2n) is 5.15. The summed E-state index contributed by atoms with van der Waals surface area (Å²) in [5.74, 6) is 0. The molecule has 4 aromatic rings. The van der Waals surface area contributed by atoms with E-state index in [4.69, 9.17) is 11.6 Å². The van der Waals surface area contributed by atoms with Crippen LogP contribution < -0.4 is 5.32 Å². The molecule has 0 saturated carbocycles. The molecule has 0 unspecified atom stereocenters. The molecule has 0 aliphatic carbocycles. The molecule has 0 atom stereocenters. The summed E-state index contributed by atoms with van der Waals surface area (Å²) in [5.41, 5.74) is 4.54. The first-order valence-corrected chi connectivity index (χ1v) is 7.33. The van der Waals surface area contributed by atoms with E-state index in [1.54, 1.807) is 10.9 Å². The average Bonchev–Trinajstić information content (AvgIpc) is 2.90. The summed E-state index contributed by atoms with van der Waals surface area (Å²) in [4.78, 5) is 4.61. The summed E-state index contributed by atoms with van der Waals surface area (Å²) in [6.07, 6.45) is 1.73. The van der Waals surface area contributed by atoms with Gasteiger partial charge in [0.2, 0.25) is 0 Å². The van der Waals surface area contributed by atoms with Crippen molar-refractivity contribution in [3.8, 4) is 0 Å². The van der Waals surface area contributed by atoms with Crippen LogP contribution in [0.4, 0.5) is 11.4 Å². The van der Waals surface area contributed by atoms with E-state index in [0.717, 1.165) is 33.3 Å². The van der Waals surface area contributed by atoms with E-state index in [9.17, 15) is 0 Å². The Kier molecular flexibility index (Phi) is 2.98. The molecule has 0 radical (unpaired) electrons. The minimum Gasteiger partial charge on any atom is -0.356 e. The molecular weight excluding hydrogens is 296 g/mol. The Morgan fingerprint density at radius 2 is 1.82 bits per heavy atom. The summed E-state index contributed by atoms with van der Waals surface area (Å²) in [7, 11) is 1.87. The normalized spacial score (nSPS) is 11.2. The van der Waals surface area contributed by atoms with Crippen molar-refractivity contribution in [1.29, 1.82) is 0 Å². The number of aryl methyl sites for hydroxylation is 1. The first-order chi connectivity index (χ1) is 10.7. The molecule has 4 nitrogen and oxygen atoms in total. The van der Waals surface area contributed by atoms with E-state index in [-0.39, 0.29) is 0 Å². The standard InChI is InChI=1S/C17H13ClN4/c1-22-17-15(10-19-22)21-14-8-7-12(9-13(14)16(17)18)20-11-5-3-2-4-6-11/h2-10,20H,1H3. The third kappa shape index (κ3) is 2.09. The molecule has 22 heavy (non-hydrogen) atoms. The molecule has 0 aliphatic rings. The lowest BCUT2D eigenvalue weighted by atomic mass is 10.1. The number of halogens is 1. The van der Waals surface area contributed by atoms with Crippen LogP contribution in [0.15, 0.2) is 54.7 Å². The van der Waals surface area contributed by atoms with E-state index in [1.807, 2.05) is 55.6 Å². The summed E-state index contributed by atoms with van der Waals surface area (Å²) in [5, 5.41) is 9.19. The van der Waals surface area contributed by atoms with Crippen LogP contribution in [-0.4, -0.2) is 14.8 Å². The zero-order valence-electron chi connectivity index (χ0n) is 11.9. The smallest absolute Gasteiger partial charge is 0.111 e. The summed E-state index contributed by atoms with van der Waals surface area (Å²) < 4.78 is 1.75. The van der Waals surface area contributed by atoms with Gasteiger partial charge in [-0.1, -0.05) is 29.8 Å². The number of hydrogen-bond donors (Lipinski definition) is 1. The Bertz CT molecular complexity index is 976. The Hall–Kier alpha value is -2.59. The predicted octanol–water partition coefficient (Wildman–Crippen LogP) is 4.52. The lowest BCUT2D eigenvalue weighted by Gasteiger charge is -2.09. The molecule has 4 rings (SSSR count). The Labute approximate surface area is 132 Å². The molecule has 0 amide bonds. The number of nitrogens with one attached hydrogen (secondary N) is 1. The highest BCUT2D eigenvalue weighted by atomic mass is 35.5. The fourth-order valence-corrected chi connectivity index (χ4v) is 2.97. The molecule has 5 heteroatoms. The zero-order valence-corrected chi connectivity index (χ0v) is 12.7. The Morgan fingerprint density at radius 1 is 1.00 bits per heavy atom. The van der Waals surface area contributed by atoms with Crippen molar-refractivity contribution in [2.24, 2.45) is 7.05 Å². The van der Waals surface area contributed by atoms with Crippen LogP contribution in [0.5, 0.6) is 0 Å². The van der Waals surface area contributed by atoms with Crippen molar-refractivity contribution >= 4 is 44.9 Å². The van der Waals surface area contributed by atoms with Crippen LogP contribution in [-0.2, 0) is 7.05 Å². The molecule has 2 aromatic heterocycles. The molecular formula is C17H13ClN4. The number of rotatable bonds is 2. The van der Waals surface area contributed by atoms with Gasteiger partial charge in [0, 0.05) is 23.8 Å². The second-order valence-corrected chi connectivity index (χ2v) is 5.53. The van der Waals surface area contributed by atoms with Crippen LogP contribution in [0.2, 0.25) is 5.02 Å². The van der Waals surface area contributed by atoms with Crippen molar-refractivity contribution in [1.82, 2.24) is 14.8 Å². The van der Waals surface area contributed by atoms with Crippen LogP contribution in [0.1, 0.15) is 0 Å². The van der Waals surface area contributed by atoms with Gasteiger partial charge in [0.25, 0.3) is 0 Å². The van der Waals surface area contributed by atoms with Crippen molar-refractivity contribution < 1.29 is 0 Å². The van der Waals surface area contributed by atoms with Crippen LogP contribution >= 0.6 is 11.6 Å². The first-order valence-electron chi connectivity index (χ1n) is 6.95. The second kappa shape index (κ2) is 5.00. The van der Waals surface area contributed by atoms with Gasteiger partial charge in [0.1, 0.15) is 11.0 Å². The maximum Gasteiger partial charge on any atom is 0.111 e. The van der Waals surface area contributed by atoms with Gasteiger partial charge in [0.15, 0.2) is 0 Å². The lowest BCUT2D eigenvalue weighted by Crippen LogP contribution is -1.93. The van der Waals surface area contributed by atoms with E-state index < -0.39 is 0 Å². The SMILES string of the molecule is Cn1ncc2nc3ccc(Nc4ccccc4)cc3c(Cl)c21. The average molecular weight is 309 g/mol. The largest absolute Gasteiger partial charge is 0.356 e. The highest BCUT2D eigenvalue weighted by Gasteiger charge is 2.11. The molecule has 2 aromatic carbocycles. The maximum absolute atomic E-state index is 6.57. The lowest BCUT2D eigenvalue weighted by molar-refractivity contribution is 0.797. The van der Waals surface area contributed by atoms with E-state index >= 15 is 0 Å². The summed E-state index contributed by atoms with van der Waals surface area (Å²) in [6, 6.07) is 16.0. The first kappa shape index (κ1) is 13.1. The zero-order chi connectivity index (χ0) is 15.1. The van der Waals surface area contributed by atoms with Gasteiger partial charge >= 0.3 is 0 Å². The van der Waals surface area contributed by atoms with Gasteiger partial charge in [-0.05, 0) is 30.3 Å². The molecule has 0 spiro atoms. The molecule has 108 valence electrons. The van der Waals surface area contributed by atoms with E-state index in [0.29, 0.717) is 5.02 Å². The molecule has 0 aliphatic heterocycles. The quantitative estimate of drug-likeness (QED) is 0.592. The van der Waals surface area contributed by atoms with E-state index in [1.165, 1.54) is 0 Å². The van der Waals surface area contributed by atoms with Crippen LogP contribution in [0, 0.1) is 0 Å². The van der Waals surface area contributed by atoms with Crippen molar-refractivity contribution in [2.75, 3.05) is 5.32 Å². The van der Waals surface area contributed by atoms with Crippen molar-refractivity contribution in [3.63, 3.8) is 0 Å².